The van der Waals surface area contributed by atoms with Crippen LogP contribution in [0.5, 0.6) is 0 Å². The maximum Gasteiger partial charge on any atom is 0.416 e. The molecule has 0 radical (unpaired) electrons. The van der Waals surface area contributed by atoms with E-state index in [1.54, 1.807) is 12.1 Å². The van der Waals surface area contributed by atoms with E-state index in [1.807, 2.05) is 0 Å². The monoisotopic (exact) mass is 442 g/mol. The first-order valence-electron chi connectivity index (χ1n) is 8.36. The molecular weight excluding hydrogens is 429 g/mol. The number of thioether (sulfide) groups is 1. The van der Waals surface area contributed by atoms with Gasteiger partial charge in [0.05, 0.1) is 29.4 Å². The molecule has 0 unspecified atom stereocenters. The van der Waals surface area contributed by atoms with E-state index < -0.39 is 23.3 Å². The van der Waals surface area contributed by atoms with Gasteiger partial charge < -0.3 is 5.11 Å². The highest BCUT2D eigenvalue weighted by Crippen LogP contribution is 2.30. The van der Waals surface area contributed by atoms with Gasteiger partial charge >= 0.3 is 12.1 Å². The third-order valence-corrected chi connectivity index (χ3v) is 5.24. The average molecular weight is 443 g/mol. The molecule has 0 bridgehead atoms. The van der Waals surface area contributed by atoms with Crippen LogP contribution < -0.4 is 5.56 Å². The smallest absolute Gasteiger partial charge is 0.416 e. The van der Waals surface area contributed by atoms with E-state index in [1.165, 1.54) is 22.8 Å². The van der Waals surface area contributed by atoms with Crippen molar-refractivity contribution in [3.05, 3.63) is 69.0 Å². The molecule has 0 saturated heterocycles. The molecule has 3 rings (SSSR count). The van der Waals surface area contributed by atoms with Gasteiger partial charge in [-0.3, -0.25) is 14.2 Å². The Bertz CT molecular complexity index is 1130. The van der Waals surface area contributed by atoms with E-state index in [-0.39, 0.29) is 34.8 Å². The van der Waals surface area contributed by atoms with Crippen LogP contribution in [0, 0.1) is 0 Å². The Hall–Kier alpha value is -2.52. The van der Waals surface area contributed by atoms with Crippen molar-refractivity contribution in [2.75, 3.05) is 5.75 Å². The number of nitrogens with zero attached hydrogens (tertiary/aromatic N) is 2. The standard InChI is InChI=1S/C19H14ClF3N2O3S/c20-13-4-5-15-14(9-13)17(28)25(18(24-15)29-7-6-16(26)27)10-11-2-1-3-12(8-11)19(21,22)23/h1-5,8-9H,6-7,10H2,(H,26,27). The molecule has 1 N–H and O–H groups in total. The largest absolute Gasteiger partial charge is 0.481 e. The number of hydrogen-bond acceptors (Lipinski definition) is 4. The van der Waals surface area contributed by atoms with Gasteiger partial charge in [-0.05, 0) is 35.9 Å². The summed E-state index contributed by atoms with van der Waals surface area (Å²) in [5.41, 5.74) is -0.643. The molecule has 0 spiro atoms. The lowest BCUT2D eigenvalue weighted by Gasteiger charge is -2.14. The maximum atomic E-state index is 13.0. The van der Waals surface area contributed by atoms with E-state index in [9.17, 15) is 22.8 Å². The first-order valence-corrected chi connectivity index (χ1v) is 9.72. The quantitative estimate of drug-likeness (QED) is 0.443. The van der Waals surface area contributed by atoms with Gasteiger partial charge in [-0.25, -0.2) is 4.98 Å². The maximum absolute atomic E-state index is 13.0. The van der Waals surface area contributed by atoms with E-state index in [2.05, 4.69) is 4.98 Å². The van der Waals surface area contributed by atoms with Crippen LogP contribution in [0.3, 0.4) is 0 Å². The minimum Gasteiger partial charge on any atom is -0.481 e. The summed E-state index contributed by atoms with van der Waals surface area (Å²) in [5.74, 6) is -0.847. The number of rotatable bonds is 6. The fourth-order valence-corrected chi connectivity index (χ4v) is 3.78. The Morgan fingerprint density at radius 1 is 1.21 bits per heavy atom. The first kappa shape index (κ1) is 21.2. The van der Waals surface area contributed by atoms with Crippen molar-refractivity contribution in [1.29, 1.82) is 0 Å². The molecule has 0 saturated carbocycles. The van der Waals surface area contributed by atoms with Gasteiger partial charge in [0, 0.05) is 10.8 Å². The number of aromatic nitrogens is 2. The van der Waals surface area contributed by atoms with Crippen LogP contribution in [-0.2, 0) is 17.5 Å². The number of aliphatic carboxylic acids is 1. The van der Waals surface area contributed by atoms with Crippen molar-refractivity contribution < 1.29 is 23.1 Å². The molecular formula is C19H14ClF3N2O3S. The van der Waals surface area contributed by atoms with Gasteiger partial charge in [0.15, 0.2) is 5.16 Å². The molecule has 1 heterocycles. The lowest BCUT2D eigenvalue weighted by atomic mass is 10.1. The number of benzene rings is 2. The fraction of sp³-hybridized carbons (Fsp3) is 0.211. The van der Waals surface area contributed by atoms with Crippen molar-refractivity contribution in [2.24, 2.45) is 0 Å². The molecule has 0 aliphatic heterocycles. The fourth-order valence-electron chi connectivity index (χ4n) is 2.68. The molecule has 5 nitrogen and oxygen atoms in total. The second-order valence-corrected chi connectivity index (χ2v) is 7.64. The lowest BCUT2D eigenvalue weighted by Crippen LogP contribution is -2.24. The predicted molar refractivity (Wildman–Crippen MR) is 105 cm³/mol. The number of carboxylic acid groups (broad SMARTS) is 1. The summed E-state index contributed by atoms with van der Waals surface area (Å²) < 4.78 is 40.3. The molecule has 0 aliphatic rings. The third kappa shape index (κ3) is 5.10. The SMILES string of the molecule is O=C(O)CCSc1nc2ccc(Cl)cc2c(=O)n1Cc1cccc(C(F)(F)F)c1. The normalized spacial score (nSPS) is 11.7. The second-order valence-electron chi connectivity index (χ2n) is 6.14. The minimum atomic E-state index is -4.50. The average Bonchev–Trinajstić information content (AvgIpc) is 2.64. The van der Waals surface area contributed by atoms with Crippen LogP contribution in [0.2, 0.25) is 5.02 Å². The summed E-state index contributed by atoms with van der Waals surface area (Å²) in [6.45, 7) is -0.145. The van der Waals surface area contributed by atoms with E-state index in [4.69, 9.17) is 16.7 Å². The predicted octanol–water partition coefficient (Wildman–Crippen LogP) is 4.68. The van der Waals surface area contributed by atoms with Gasteiger partial charge in [0.25, 0.3) is 5.56 Å². The van der Waals surface area contributed by atoms with Crippen molar-refractivity contribution in [3.63, 3.8) is 0 Å². The molecule has 0 fully saturated rings. The molecule has 2 aromatic carbocycles. The number of carbonyl (C=O) groups is 1. The molecule has 152 valence electrons. The van der Waals surface area contributed by atoms with Crippen LogP contribution in [0.1, 0.15) is 17.5 Å². The Morgan fingerprint density at radius 2 is 1.97 bits per heavy atom. The van der Waals surface area contributed by atoms with Gasteiger partial charge in [-0.15, -0.1) is 0 Å². The molecule has 0 aliphatic carbocycles. The van der Waals surface area contributed by atoms with E-state index in [0.29, 0.717) is 10.5 Å². The third-order valence-electron chi connectivity index (χ3n) is 4.02. The topological polar surface area (TPSA) is 72.2 Å². The van der Waals surface area contributed by atoms with E-state index in [0.717, 1.165) is 23.9 Å². The van der Waals surface area contributed by atoms with Gasteiger partial charge in [0.1, 0.15) is 0 Å². The zero-order valence-corrected chi connectivity index (χ0v) is 16.3. The first-order chi connectivity index (χ1) is 13.6. The molecule has 0 atom stereocenters. The second kappa shape index (κ2) is 8.46. The Kier molecular flexibility index (Phi) is 6.18. The number of hydrogen-bond donors (Lipinski definition) is 1. The summed E-state index contributed by atoms with van der Waals surface area (Å²) in [6, 6.07) is 9.25. The Labute approximate surface area is 172 Å². The van der Waals surface area contributed by atoms with Crippen molar-refractivity contribution in [2.45, 2.75) is 24.3 Å². The summed E-state index contributed by atoms with van der Waals surface area (Å²) in [7, 11) is 0. The molecule has 10 heteroatoms. The number of fused-ring (bicyclic) bond motifs is 1. The Morgan fingerprint density at radius 3 is 2.66 bits per heavy atom. The van der Waals surface area contributed by atoms with Crippen molar-refractivity contribution in [3.8, 4) is 0 Å². The molecule has 1 aromatic heterocycles. The zero-order valence-electron chi connectivity index (χ0n) is 14.7. The van der Waals surface area contributed by atoms with Gasteiger partial charge in [0.2, 0.25) is 0 Å². The number of alkyl halides is 3. The summed E-state index contributed by atoms with van der Waals surface area (Å²) in [5, 5.41) is 9.62. The highest BCUT2D eigenvalue weighted by atomic mass is 35.5. The van der Waals surface area contributed by atoms with Crippen molar-refractivity contribution >= 4 is 40.2 Å². The molecule has 29 heavy (non-hydrogen) atoms. The number of carboxylic acids is 1. The van der Waals surface area contributed by atoms with Crippen molar-refractivity contribution in [1.82, 2.24) is 9.55 Å². The van der Waals surface area contributed by atoms with Gasteiger partial charge in [-0.2, -0.15) is 13.2 Å². The Balaban J connectivity index is 2.07. The van der Waals surface area contributed by atoms with Gasteiger partial charge in [-0.1, -0.05) is 35.5 Å². The van der Waals surface area contributed by atoms with Crippen LogP contribution in [-0.4, -0.2) is 26.4 Å². The molecule has 0 amide bonds. The minimum absolute atomic E-state index is 0.145. The number of halogens is 4. The summed E-state index contributed by atoms with van der Waals surface area (Å²) in [4.78, 5) is 28.2. The van der Waals surface area contributed by atoms with Crippen LogP contribution >= 0.6 is 23.4 Å². The van der Waals surface area contributed by atoms with E-state index >= 15 is 0 Å². The lowest BCUT2D eigenvalue weighted by molar-refractivity contribution is -0.138. The highest BCUT2D eigenvalue weighted by Gasteiger charge is 2.30. The van der Waals surface area contributed by atoms with Crippen LogP contribution in [0.4, 0.5) is 13.2 Å². The van der Waals surface area contributed by atoms with Crippen LogP contribution in [0.15, 0.2) is 52.4 Å². The zero-order chi connectivity index (χ0) is 21.2. The molecule has 3 aromatic rings. The highest BCUT2D eigenvalue weighted by molar-refractivity contribution is 7.99. The van der Waals surface area contributed by atoms with Crippen LogP contribution in [0.25, 0.3) is 10.9 Å². The summed E-state index contributed by atoms with van der Waals surface area (Å²) >= 11 is 7.01. The summed E-state index contributed by atoms with van der Waals surface area (Å²) in [6.07, 6.45) is -4.65.